The molecule has 2 heterocycles. The summed E-state index contributed by atoms with van der Waals surface area (Å²) in [7, 11) is 1.32. The van der Waals surface area contributed by atoms with Gasteiger partial charge in [-0.1, -0.05) is 67.2 Å². The molecule has 0 radical (unpaired) electrons. The number of nitrogens with zero attached hydrogens (tertiary/aromatic N) is 4. The number of benzene rings is 2. The second kappa shape index (κ2) is 12.0. The third kappa shape index (κ3) is 6.12. The van der Waals surface area contributed by atoms with Crippen LogP contribution >= 0.6 is 23.5 Å². The minimum Gasteiger partial charge on any atom is -0.467 e. The summed E-state index contributed by atoms with van der Waals surface area (Å²) in [5.41, 5.74) is 3.74. The first-order chi connectivity index (χ1) is 17.1. The van der Waals surface area contributed by atoms with E-state index in [1.807, 2.05) is 48.5 Å². The Morgan fingerprint density at radius 3 is 2.63 bits per heavy atom. The van der Waals surface area contributed by atoms with Crippen molar-refractivity contribution < 1.29 is 14.3 Å². The summed E-state index contributed by atoms with van der Waals surface area (Å²) in [6.45, 7) is 2.93. The Bertz CT molecular complexity index is 1310. The fourth-order valence-corrected chi connectivity index (χ4v) is 5.34. The number of nitrogens with one attached hydrogen (secondary N) is 1. The number of hydrogen-bond donors (Lipinski definition) is 1. The van der Waals surface area contributed by atoms with Crippen LogP contribution in [0.25, 0.3) is 22.1 Å². The van der Waals surface area contributed by atoms with Crippen LogP contribution in [-0.2, 0) is 26.6 Å². The molecule has 0 aliphatic heterocycles. The van der Waals surface area contributed by atoms with Gasteiger partial charge in [-0.05, 0) is 18.1 Å². The van der Waals surface area contributed by atoms with Gasteiger partial charge < -0.3 is 14.6 Å². The van der Waals surface area contributed by atoms with Crippen LogP contribution in [0.5, 0.6) is 0 Å². The van der Waals surface area contributed by atoms with Crippen LogP contribution in [0, 0.1) is 0 Å². The molecule has 35 heavy (non-hydrogen) atoms. The van der Waals surface area contributed by atoms with Gasteiger partial charge in [-0.15, -0.1) is 10.2 Å². The van der Waals surface area contributed by atoms with E-state index in [1.54, 1.807) is 11.8 Å². The predicted octanol–water partition coefficient (Wildman–Crippen LogP) is 4.07. The minimum absolute atomic E-state index is 0.0675. The van der Waals surface area contributed by atoms with Crippen molar-refractivity contribution in [2.45, 2.75) is 36.8 Å². The molecule has 2 aromatic heterocycles. The average molecular weight is 510 g/mol. The number of methoxy groups -OCH3 is 1. The molecule has 0 spiro atoms. The van der Waals surface area contributed by atoms with Crippen LogP contribution in [0.2, 0.25) is 0 Å². The van der Waals surface area contributed by atoms with Crippen LogP contribution in [0.3, 0.4) is 0 Å². The Balaban J connectivity index is 1.39. The molecule has 0 unspecified atom stereocenters. The maximum Gasteiger partial charge on any atom is 0.329 e. The van der Waals surface area contributed by atoms with E-state index in [4.69, 9.17) is 9.72 Å². The van der Waals surface area contributed by atoms with Gasteiger partial charge in [-0.2, -0.15) is 11.8 Å². The molecule has 2 aromatic carbocycles. The zero-order valence-corrected chi connectivity index (χ0v) is 21.3. The Labute approximate surface area is 212 Å². The zero-order chi connectivity index (χ0) is 24.6. The second-order valence-corrected chi connectivity index (χ2v) is 9.84. The zero-order valence-electron chi connectivity index (χ0n) is 19.6. The SMILES string of the molecule is CCCn1c2ccccc2c2nnc(SCC(=O)N[C@@H](CSCc3ccccc3)C(=O)OC)nc21. The van der Waals surface area contributed by atoms with E-state index in [1.165, 1.54) is 18.9 Å². The standard InChI is InChI=1S/C25H27N5O3S2/c1-3-13-30-20-12-8-7-11-18(20)22-23(30)27-25(29-28-22)35-16-21(31)26-19(24(32)33-2)15-34-14-17-9-5-4-6-10-17/h4-12,19H,3,13-16H2,1-2H3,(H,26,31)/t19-/m0/s1. The summed E-state index contributed by atoms with van der Waals surface area (Å²) in [5, 5.41) is 12.8. The first-order valence-electron chi connectivity index (χ1n) is 11.3. The number of aryl methyl sites for hydroxylation is 1. The molecule has 1 N–H and O–H groups in total. The Hall–Kier alpha value is -3.11. The third-order valence-electron chi connectivity index (χ3n) is 5.35. The van der Waals surface area contributed by atoms with Crippen LogP contribution in [0.4, 0.5) is 0 Å². The topological polar surface area (TPSA) is 99.0 Å². The smallest absolute Gasteiger partial charge is 0.329 e. The molecular formula is C25H27N5O3S2. The summed E-state index contributed by atoms with van der Waals surface area (Å²) in [6.07, 6.45) is 0.958. The van der Waals surface area contributed by atoms with Crippen molar-refractivity contribution >= 4 is 57.5 Å². The third-order valence-corrected chi connectivity index (χ3v) is 7.30. The number of esters is 1. The van der Waals surface area contributed by atoms with Gasteiger partial charge in [0, 0.05) is 23.4 Å². The number of fused-ring (bicyclic) bond motifs is 3. The summed E-state index contributed by atoms with van der Waals surface area (Å²) < 4.78 is 7.02. The molecule has 4 rings (SSSR count). The van der Waals surface area contributed by atoms with Crippen molar-refractivity contribution in [2.24, 2.45) is 0 Å². The molecule has 0 saturated carbocycles. The van der Waals surface area contributed by atoms with Gasteiger partial charge in [0.05, 0.1) is 18.4 Å². The van der Waals surface area contributed by atoms with Crippen LogP contribution in [0.1, 0.15) is 18.9 Å². The number of carbonyl (C=O) groups excluding carboxylic acids is 2. The van der Waals surface area contributed by atoms with Gasteiger partial charge in [-0.25, -0.2) is 9.78 Å². The lowest BCUT2D eigenvalue weighted by Gasteiger charge is -2.16. The Morgan fingerprint density at radius 1 is 1.09 bits per heavy atom. The molecule has 0 saturated heterocycles. The molecule has 0 bridgehead atoms. The van der Waals surface area contributed by atoms with E-state index in [2.05, 4.69) is 33.1 Å². The number of aromatic nitrogens is 4. The number of rotatable bonds is 11. The van der Waals surface area contributed by atoms with E-state index < -0.39 is 12.0 Å². The highest BCUT2D eigenvalue weighted by Gasteiger charge is 2.22. The molecule has 10 heteroatoms. The van der Waals surface area contributed by atoms with Gasteiger partial charge in [-0.3, -0.25) is 4.79 Å². The Morgan fingerprint density at radius 2 is 1.86 bits per heavy atom. The fraction of sp³-hybridized carbons (Fsp3) is 0.320. The van der Waals surface area contributed by atoms with Crippen molar-refractivity contribution in [1.82, 2.24) is 25.1 Å². The van der Waals surface area contributed by atoms with Gasteiger partial charge in [0.15, 0.2) is 5.65 Å². The quantitative estimate of drug-likeness (QED) is 0.239. The normalized spacial score (nSPS) is 12.1. The van der Waals surface area contributed by atoms with Gasteiger partial charge in [0.2, 0.25) is 11.1 Å². The van der Waals surface area contributed by atoms with Crippen LogP contribution in [0.15, 0.2) is 59.8 Å². The summed E-state index contributed by atoms with van der Waals surface area (Å²) in [5.74, 6) is 0.470. The van der Waals surface area contributed by atoms with Crippen LogP contribution in [-0.4, -0.2) is 56.3 Å². The van der Waals surface area contributed by atoms with Crippen molar-refractivity contribution in [1.29, 1.82) is 0 Å². The maximum atomic E-state index is 12.6. The van der Waals surface area contributed by atoms with E-state index in [0.29, 0.717) is 10.9 Å². The Kier molecular flexibility index (Phi) is 8.59. The maximum absolute atomic E-state index is 12.6. The van der Waals surface area contributed by atoms with Crippen molar-refractivity contribution in [2.75, 3.05) is 18.6 Å². The molecular weight excluding hydrogens is 482 g/mol. The van der Waals surface area contributed by atoms with Gasteiger partial charge >= 0.3 is 5.97 Å². The number of thioether (sulfide) groups is 2. The lowest BCUT2D eigenvalue weighted by molar-refractivity contribution is -0.144. The van der Waals surface area contributed by atoms with E-state index in [9.17, 15) is 9.59 Å². The van der Waals surface area contributed by atoms with Crippen molar-refractivity contribution in [3.63, 3.8) is 0 Å². The fourth-order valence-electron chi connectivity index (χ4n) is 3.75. The highest BCUT2D eigenvalue weighted by Crippen LogP contribution is 2.27. The second-order valence-electron chi connectivity index (χ2n) is 7.87. The largest absolute Gasteiger partial charge is 0.467 e. The molecule has 1 atom stereocenters. The summed E-state index contributed by atoms with van der Waals surface area (Å²) in [6, 6.07) is 17.3. The summed E-state index contributed by atoms with van der Waals surface area (Å²) >= 11 is 2.76. The average Bonchev–Trinajstić information content (AvgIpc) is 3.20. The first kappa shape index (κ1) is 25.0. The molecule has 8 nitrogen and oxygen atoms in total. The molecule has 0 aliphatic carbocycles. The van der Waals surface area contributed by atoms with Crippen molar-refractivity contribution in [3.05, 3.63) is 60.2 Å². The number of hydrogen-bond acceptors (Lipinski definition) is 8. The van der Waals surface area contributed by atoms with Gasteiger partial charge in [0.1, 0.15) is 11.6 Å². The number of para-hydroxylation sites is 1. The number of carbonyl (C=O) groups is 2. The molecule has 182 valence electrons. The molecule has 0 aliphatic rings. The molecule has 1 amide bonds. The van der Waals surface area contributed by atoms with Gasteiger partial charge in [0.25, 0.3) is 0 Å². The number of amides is 1. The lowest BCUT2D eigenvalue weighted by atomic mass is 10.2. The minimum atomic E-state index is -0.726. The monoisotopic (exact) mass is 509 g/mol. The lowest BCUT2D eigenvalue weighted by Crippen LogP contribution is -2.44. The van der Waals surface area contributed by atoms with E-state index in [0.717, 1.165) is 46.3 Å². The first-order valence-corrected chi connectivity index (χ1v) is 13.5. The highest BCUT2D eigenvalue weighted by atomic mass is 32.2. The molecule has 4 aromatic rings. The summed E-state index contributed by atoms with van der Waals surface area (Å²) in [4.78, 5) is 29.5. The van der Waals surface area contributed by atoms with Crippen molar-refractivity contribution in [3.8, 4) is 0 Å². The number of ether oxygens (including phenoxy) is 1. The predicted molar refractivity (Wildman–Crippen MR) is 140 cm³/mol. The highest BCUT2D eigenvalue weighted by molar-refractivity contribution is 7.99. The van der Waals surface area contributed by atoms with E-state index >= 15 is 0 Å². The van der Waals surface area contributed by atoms with E-state index in [-0.39, 0.29) is 11.7 Å². The molecule has 0 fully saturated rings. The van der Waals surface area contributed by atoms with Crippen LogP contribution < -0.4 is 5.32 Å².